The Morgan fingerprint density at radius 1 is 1.56 bits per heavy atom. The molecule has 0 unspecified atom stereocenters. The van der Waals surface area contributed by atoms with Gasteiger partial charge in [0.2, 0.25) is 5.91 Å². The molecule has 0 aliphatic carbocycles. The Balaban J connectivity index is 2.95. The summed E-state index contributed by atoms with van der Waals surface area (Å²) in [5.41, 5.74) is 7.50. The standard InChI is InChI=1S/C14H20N2O2/c1-4-7-16(14(17)9-15)10-12-8-11(2)5-6-13(12)18-3/h4-6,8H,1,7,9-10,15H2,2-3H3. The summed E-state index contributed by atoms with van der Waals surface area (Å²) in [6, 6.07) is 5.90. The molecule has 1 amide bonds. The molecule has 0 aromatic heterocycles. The summed E-state index contributed by atoms with van der Waals surface area (Å²) in [7, 11) is 1.62. The monoisotopic (exact) mass is 248 g/mol. The molecule has 0 spiro atoms. The maximum atomic E-state index is 11.7. The molecule has 0 fully saturated rings. The quantitative estimate of drug-likeness (QED) is 0.776. The maximum absolute atomic E-state index is 11.7. The van der Waals surface area contributed by atoms with Crippen LogP contribution in [0.3, 0.4) is 0 Å². The number of benzene rings is 1. The van der Waals surface area contributed by atoms with Crippen molar-refractivity contribution in [2.45, 2.75) is 13.5 Å². The molecule has 0 aliphatic heterocycles. The molecule has 4 nitrogen and oxygen atoms in total. The molecule has 0 saturated heterocycles. The number of rotatable bonds is 6. The van der Waals surface area contributed by atoms with Crippen molar-refractivity contribution in [1.82, 2.24) is 4.90 Å². The van der Waals surface area contributed by atoms with Crippen molar-refractivity contribution in [2.75, 3.05) is 20.2 Å². The number of carbonyl (C=O) groups excluding carboxylic acids is 1. The number of ether oxygens (including phenoxy) is 1. The van der Waals surface area contributed by atoms with Gasteiger partial charge in [0.05, 0.1) is 13.7 Å². The summed E-state index contributed by atoms with van der Waals surface area (Å²) in [4.78, 5) is 13.4. The summed E-state index contributed by atoms with van der Waals surface area (Å²) in [5.74, 6) is 0.679. The number of nitrogens with zero attached hydrogens (tertiary/aromatic N) is 1. The number of hydrogen-bond acceptors (Lipinski definition) is 3. The number of carbonyl (C=O) groups is 1. The molecule has 1 aromatic carbocycles. The van der Waals surface area contributed by atoms with E-state index in [1.807, 2.05) is 25.1 Å². The Kier molecular flexibility index (Phi) is 5.39. The predicted molar refractivity (Wildman–Crippen MR) is 72.4 cm³/mol. The minimum Gasteiger partial charge on any atom is -0.496 e. The van der Waals surface area contributed by atoms with Crippen LogP contribution in [-0.2, 0) is 11.3 Å². The van der Waals surface area contributed by atoms with E-state index in [9.17, 15) is 4.79 Å². The lowest BCUT2D eigenvalue weighted by Gasteiger charge is -2.22. The van der Waals surface area contributed by atoms with Gasteiger partial charge >= 0.3 is 0 Å². The molecule has 4 heteroatoms. The van der Waals surface area contributed by atoms with Gasteiger partial charge in [0.25, 0.3) is 0 Å². The molecule has 1 rings (SSSR count). The van der Waals surface area contributed by atoms with Crippen LogP contribution in [0, 0.1) is 6.92 Å². The second kappa shape index (κ2) is 6.81. The predicted octanol–water partition coefficient (Wildman–Crippen LogP) is 1.48. The van der Waals surface area contributed by atoms with Crippen LogP contribution < -0.4 is 10.5 Å². The van der Waals surface area contributed by atoms with Gasteiger partial charge in [-0.1, -0.05) is 23.8 Å². The smallest absolute Gasteiger partial charge is 0.236 e. The molecule has 0 radical (unpaired) electrons. The molecule has 98 valence electrons. The lowest BCUT2D eigenvalue weighted by Crippen LogP contribution is -2.35. The first kappa shape index (κ1) is 14.3. The third-order valence-corrected chi connectivity index (χ3v) is 2.67. The molecule has 0 bridgehead atoms. The van der Waals surface area contributed by atoms with E-state index in [1.165, 1.54) is 0 Å². The first-order valence-corrected chi connectivity index (χ1v) is 5.84. The van der Waals surface area contributed by atoms with Crippen LogP contribution >= 0.6 is 0 Å². The second-order valence-corrected chi connectivity index (χ2v) is 4.08. The third kappa shape index (κ3) is 3.60. The molecule has 0 saturated carbocycles. The van der Waals surface area contributed by atoms with Gasteiger partial charge in [-0.3, -0.25) is 4.79 Å². The van der Waals surface area contributed by atoms with Gasteiger partial charge in [0, 0.05) is 18.7 Å². The normalized spacial score (nSPS) is 9.94. The summed E-state index contributed by atoms with van der Waals surface area (Å²) in [5, 5.41) is 0. The molecule has 2 N–H and O–H groups in total. The van der Waals surface area contributed by atoms with E-state index in [0.29, 0.717) is 13.1 Å². The zero-order chi connectivity index (χ0) is 13.5. The Labute approximate surface area is 108 Å². The summed E-state index contributed by atoms with van der Waals surface area (Å²) < 4.78 is 5.30. The highest BCUT2D eigenvalue weighted by Crippen LogP contribution is 2.21. The van der Waals surface area contributed by atoms with E-state index in [4.69, 9.17) is 10.5 Å². The van der Waals surface area contributed by atoms with Gasteiger partial charge in [-0.25, -0.2) is 0 Å². The Morgan fingerprint density at radius 3 is 2.83 bits per heavy atom. The van der Waals surface area contributed by atoms with E-state index in [0.717, 1.165) is 16.9 Å². The van der Waals surface area contributed by atoms with Crippen molar-refractivity contribution in [3.63, 3.8) is 0 Å². The fraction of sp³-hybridized carbons (Fsp3) is 0.357. The van der Waals surface area contributed by atoms with Crippen molar-refractivity contribution >= 4 is 5.91 Å². The summed E-state index contributed by atoms with van der Waals surface area (Å²) in [6.45, 7) is 6.62. The SMILES string of the molecule is C=CCN(Cc1cc(C)ccc1OC)C(=O)CN. The van der Waals surface area contributed by atoms with E-state index in [1.54, 1.807) is 18.1 Å². The molecule has 0 heterocycles. The average Bonchev–Trinajstić information content (AvgIpc) is 2.37. The van der Waals surface area contributed by atoms with E-state index < -0.39 is 0 Å². The molecular formula is C14H20N2O2. The summed E-state index contributed by atoms with van der Waals surface area (Å²) >= 11 is 0. The molecule has 0 atom stereocenters. The summed E-state index contributed by atoms with van der Waals surface area (Å²) in [6.07, 6.45) is 1.69. The number of aryl methyl sites for hydroxylation is 1. The lowest BCUT2D eigenvalue weighted by atomic mass is 10.1. The molecule has 1 aromatic rings. The van der Waals surface area contributed by atoms with Crippen molar-refractivity contribution in [3.05, 3.63) is 42.0 Å². The minimum absolute atomic E-state index is 0.00196. The van der Waals surface area contributed by atoms with Crippen molar-refractivity contribution in [1.29, 1.82) is 0 Å². The Hall–Kier alpha value is -1.81. The van der Waals surface area contributed by atoms with Crippen LogP contribution in [0.5, 0.6) is 5.75 Å². The van der Waals surface area contributed by atoms with Crippen LogP contribution in [0.25, 0.3) is 0 Å². The van der Waals surface area contributed by atoms with Crippen LogP contribution in [-0.4, -0.2) is 31.0 Å². The Morgan fingerprint density at radius 2 is 2.28 bits per heavy atom. The zero-order valence-electron chi connectivity index (χ0n) is 11.0. The van der Waals surface area contributed by atoms with Gasteiger partial charge in [-0.15, -0.1) is 6.58 Å². The van der Waals surface area contributed by atoms with E-state index in [2.05, 4.69) is 6.58 Å². The first-order valence-electron chi connectivity index (χ1n) is 5.84. The fourth-order valence-electron chi connectivity index (χ4n) is 1.78. The van der Waals surface area contributed by atoms with Gasteiger partial charge in [-0.2, -0.15) is 0 Å². The number of methoxy groups -OCH3 is 1. The second-order valence-electron chi connectivity index (χ2n) is 4.08. The van der Waals surface area contributed by atoms with E-state index >= 15 is 0 Å². The minimum atomic E-state index is -0.0986. The third-order valence-electron chi connectivity index (χ3n) is 2.67. The largest absolute Gasteiger partial charge is 0.496 e. The van der Waals surface area contributed by atoms with Crippen LogP contribution in [0.2, 0.25) is 0 Å². The lowest BCUT2D eigenvalue weighted by molar-refractivity contribution is -0.129. The van der Waals surface area contributed by atoms with E-state index in [-0.39, 0.29) is 12.5 Å². The van der Waals surface area contributed by atoms with Crippen LogP contribution in [0.15, 0.2) is 30.9 Å². The zero-order valence-corrected chi connectivity index (χ0v) is 11.0. The maximum Gasteiger partial charge on any atom is 0.236 e. The van der Waals surface area contributed by atoms with Gasteiger partial charge in [0.15, 0.2) is 0 Å². The molecular weight excluding hydrogens is 228 g/mol. The van der Waals surface area contributed by atoms with Crippen LogP contribution in [0.4, 0.5) is 0 Å². The van der Waals surface area contributed by atoms with Crippen molar-refractivity contribution < 1.29 is 9.53 Å². The molecule has 0 aliphatic rings. The number of amides is 1. The topological polar surface area (TPSA) is 55.6 Å². The highest BCUT2D eigenvalue weighted by Gasteiger charge is 2.13. The van der Waals surface area contributed by atoms with Crippen molar-refractivity contribution in [2.24, 2.45) is 5.73 Å². The fourth-order valence-corrected chi connectivity index (χ4v) is 1.78. The average molecular weight is 248 g/mol. The highest BCUT2D eigenvalue weighted by molar-refractivity contribution is 5.78. The van der Waals surface area contributed by atoms with Gasteiger partial charge < -0.3 is 15.4 Å². The van der Waals surface area contributed by atoms with Gasteiger partial charge in [0.1, 0.15) is 5.75 Å². The highest BCUT2D eigenvalue weighted by atomic mass is 16.5. The Bertz CT molecular complexity index is 430. The first-order chi connectivity index (χ1) is 8.62. The number of nitrogens with two attached hydrogens (primary N) is 1. The van der Waals surface area contributed by atoms with Gasteiger partial charge in [-0.05, 0) is 13.0 Å². The molecule has 18 heavy (non-hydrogen) atoms. The van der Waals surface area contributed by atoms with Crippen molar-refractivity contribution in [3.8, 4) is 5.75 Å². The van der Waals surface area contributed by atoms with Crippen LogP contribution in [0.1, 0.15) is 11.1 Å². The number of hydrogen-bond donors (Lipinski definition) is 1.